The van der Waals surface area contributed by atoms with Crippen LogP contribution in [0.2, 0.25) is 0 Å². The molecule has 0 unspecified atom stereocenters. The second-order valence-electron chi connectivity index (χ2n) is 6.71. The molecular formula is C17H28N2O2. The Morgan fingerprint density at radius 3 is 2.48 bits per heavy atom. The van der Waals surface area contributed by atoms with Crippen LogP contribution >= 0.6 is 0 Å². The molecule has 0 spiro atoms. The lowest BCUT2D eigenvalue weighted by atomic mass is 10.0. The second kappa shape index (κ2) is 7.57. The molecular weight excluding hydrogens is 264 g/mol. The highest BCUT2D eigenvalue weighted by atomic mass is 16.5. The number of rotatable bonds is 6. The molecule has 0 aliphatic rings. The zero-order valence-corrected chi connectivity index (χ0v) is 13.8. The minimum atomic E-state index is -0.461. The molecule has 3 N–H and O–H groups in total. The Bertz CT molecular complexity index is 464. The number of ether oxygens (including phenoxy) is 1. The number of hydrogen-bond donors (Lipinski definition) is 2. The number of hydrogen-bond acceptors (Lipinski definition) is 3. The van der Waals surface area contributed by atoms with E-state index in [4.69, 9.17) is 10.5 Å². The van der Waals surface area contributed by atoms with E-state index in [0.29, 0.717) is 13.2 Å². The smallest absolute Gasteiger partial charge is 0.237 e. The van der Waals surface area contributed by atoms with E-state index in [1.807, 2.05) is 58.9 Å². The molecule has 0 aromatic heterocycles. The van der Waals surface area contributed by atoms with Crippen LogP contribution in [-0.2, 0) is 22.7 Å². The maximum Gasteiger partial charge on any atom is 0.237 e. The lowest BCUT2D eigenvalue weighted by Crippen LogP contribution is -2.43. The van der Waals surface area contributed by atoms with Crippen molar-refractivity contribution in [1.82, 2.24) is 5.32 Å². The fourth-order valence-corrected chi connectivity index (χ4v) is 1.74. The van der Waals surface area contributed by atoms with Crippen molar-refractivity contribution in [2.24, 2.45) is 11.7 Å². The van der Waals surface area contributed by atoms with Crippen LogP contribution in [0.1, 0.15) is 45.7 Å². The first-order valence-electron chi connectivity index (χ1n) is 7.44. The first-order valence-corrected chi connectivity index (χ1v) is 7.44. The molecule has 1 aromatic carbocycles. The highest BCUT2D eigenvalue weighted by Gasteiger charge is 2.16. The van der Waals surface area contributed by atoms with E-state index in [1.54, 1.807) is 0 Å². The van der Waals surface area contributed by atoms with E-state index >= 15 is 0 Å². The van der Waals surface area contributed by atoms with Crippen molar-refractivity contribution in [3.05, 3.63) is 35.4 Å². The molecule has 4 heteroatoms. The average molecular weight is 292 g/mol. The summed E-state index contributed by atoms with van der Waals surface area (Å²) in [5, 5.41) is 2.87. The van der Waals surface area contributed by atoms with Crippen molar-refractivity contribution >= 4 is 5.91 Å². The minimum absolute atomic E-state index is 0.110. The second-order valence-corrected chi connectivity index (χ2v) is 6.71. The molecule has 118 valence electrons. The van der Waals surface area contributed by atoms with Gasteiger partial charge in [-0.05, 0) is 37.8 Å². The Labute approximate surface area is 128 Å². The molecule has 0 radical (unpaired) electrons. The molecule has 0 bridgehead atoms. The van der Waals surface area contributed by atoms with Crippen LogP contribution in [0.15, 0.2) is 24.3 Å². The Morgan fingerprint density at radius 1 is 1.29 bits per heavy atom. The lowest BCUT2D eigenvalue weighted by Gasteiger charge is -2.20. The van der Waals surface area contributed by atoms with Gasteiger partial charge in [-0.3, -0.25) is 4.79 Å². The van der Waals surface area contributed by atoms with Crippen LogP contribution in [0.4, 0.5) is 0 Å². The van der Waals surface area contributed by atoms with Crippen molar-refractivity contribution in [1.29, 1.82) is 0 Å². The van der Waals surface area contributed by atoms with Crippen molar-refractivity contribution in [2.45, 2.75) is 59.4 Å². The largest absolute Gasteiger partial charge is 0.371 e. The zero-order valence-electron chi connectivity index (χ0n) is 13.8. The van der Waals surface area contributed by atoms with Crippen molar-refractivity contribution in [2.75, 3.05) is 0 Å². The summed E-state index contributed by atoms with van der Waals surface area (Å²) in [4.78, 5) is 11.8. The van der Waals surface area contributed by atoms with E-state index in [2.05, 4.69) is 5.32 Å². The lowest BCUT2D eigenvalue weighted by molar-refractivity contribution is -0.123. The van der Waals surface area contributed by atoms with Crippen molar-refractivity contribution < 1.29 is 9.53 Å². The van der Waals surface area contributed by atoms with Gasteiger partial charge in [0, 0.05) is 6.54 Å². The third-order valence-corrected chi connectivity index (χ3v) is 3.15. The highest BCUT2D eigenvalue weighted by molar-refractivity contribution is 5.81. The van der Waals surface area contributed by atoms with Gasteiger partial charge in [0.25, 0.3) is 0 Å². The number of amides is 1. The van der Waals surface area contributed by atoms with Gasteiger partial charge in [-0.1, -0.05) is 38.1 Å². The Hall–Kier alpha value is -1.39. The molecule has 1 atom stereocenters. The first-order chi connectivity index (χ1) is 9.69. The molecule has 1 aromatic rings. The minimum Gasteiger partial charge on any atom is -0.371 e. The predicted octanol–water partition coefficient (Wildman–Crippen LogP) is 2.60. The monoisotopic (exact) mass is 292 g/mol. The van der Waals surface area contributed by atoms with Gasteiger partial charge in [-0.15, -0.1) is 0 Å². The third kappa shape index (κ3) is 6.74. The first kappa shape index (κ1) is 17.7. The summed E-state index contributed by atoms with van der Waals surface area (Å²) in [6.45, 7) is 11.0. The molecule has 1 amide bonds. The van der Waals surface area contributed by atoms with Crippen molar-refractivity contribution in [3.8, 4) is 0 Å². The molecule has 0 heterocycles. The summed E-state index contributed by atoms with van der Waals surface area (Å²) in [5.74, 6) is 0.0258. The van der Waals surface area contributed by atoms with Crippen molar-refractivity contribution in [3.63, 3.8) is 0 Å². The standard InChI is InChI=1S/C17H28N2O2/c1-12(2)15(18)16(20)19-10-13-7-6-8-14(9-13)11-21-17(3,4)5/h6-9,12,15H,10-11,18H2,1-5H3,(H,19,20)/t15-/m0/s1. The Morgan fingerprint density at radius 2 is 1.90 bits per heavy atom. The van der Waals surface area contributed by atoms with Crippen LogP contribution in [0, 0.1) is 5.92 Å². The molecule has 4 nitrogen and oxygen atoms in total. The fourth-order valence-electron chi connectivity index (χ4n) is 1.74. The number of nitrogens with two attached hydrogens (primary N) is 1. The van der Waals surface area contributed by atoms with E-state index < -0.39 is 6.04 Å². The molecule has 0 saturated carbocycles. The maximum atomic E-state index is 11.8. The summed E-state index contributed by atoms with van der Waals surface area (Å²) in [7, 11) is 0. The van der Waals surface area contributed by atoms with Gasteiger partial charge in [0.2, 0.25) is 5.91 Å². The molecule has 1 rings (SSSR count). The highest BCUT2D eigenvalue weighted by Crippen LogP contribution is 2.13. The average Bonchev–Trinajstić information content (AvgIpc) is 2.41. The molecule has 0 fully saturated rings. The summed E-state index contributed by atoms with van der Waals surface area (Å²) in [5.41, 5.74) is 7.81. The maximum absolute atomic E-state index is 11.8. The fraction of sp³-hybridized carbons (Fsp3) is 0.588. The van der Waals surface area contributed by atoms with Crippen LogP contribution < -0.4 is 11.1 Å². The molecule has 0 aliphatic carbocycles. The summed E-state index contributed by atoms with van der Waals surface area (Å²) >= 11 is 0. The van der Waals surface area contributed by atoms with Crippen LogP contribution in [0.3, 0.4) is 0 Å². The van der Waals surface area contributed by atoms with E-state index in [1.165, 1.54) is 0 Å². The number of benzene rings is 1. The van der Waals surface area contributed by atoms with Gasteiger partial charge in [-0.2, -0.15) is 0 Å². The van der Waals surface area contributed by atoms with E-state index in [-0.39, 0.29) is 17.4 Å². The summed E-state index contributed by atoms with van der Waals surface area (Å²) in [6, 6.07) is 7.58. The third-order valence-electron chi connectivity index (χ3n) is 3.15. The van der Waals surface area contributed by atoms with Gasteiger partial charge in [0.15, 0.2) is 0 Å². The van der Waals surface area contributed by atoms with Gasteiger partial charge < -0.3 is 15.8 Å². The van der Waals surface area contributed by atoms with E-state index in [0.717, 1.165) is 11.1 Å². The van der Waals surface area contributed by atoms with Gasteiger partial charge in [0.1, 0.15) is 0 Å². The SMILES string of the molecule is CC(C)[C@H](N)C(=O)NCc1cccc(COC(C)(C)C)c1. The Kier molecular flexibility index (Phi) is 6.37. The van der Waals surface area contributed by atoms with Gasteiger partial charge in [0.05, 0.1) is 18.2 Å². The van der Waals surface area contributed by atoms with Crippen LogP contribution in [0.25, 0.3) is 0 Å². The van der Waals surface area contributed by atoms with E-state index in [9.17, 15) is 4.79 Å². The molecule has 21 heavy (non-hydrogen) atoms. The quantitative estimate of drug-likeness (QED) is 0.847. The van der Waals surface area contributed by atoms with Gasteiger partial charge >= 0.3 is 0 Å². The van der Waals surface area contributed by atoms with Crippen LogP contribution in [0.5, 0.6) is 0 Å². The van der Waals surface area contributed by atoms with Crippen LogP contribution in [-0.4, -0.2) is 17.6 Å². The number of carbonyl (C=O) groups is 1. The zero-order chi connectivity index (χ0) is 16.0. The molecule has 0 aliphatic heterocycles. The Balaban J connectivity index is 2.55. The number of carbonyl (C=O) groups excluding carboxylic acids is 1. The predicted molar refractivity (Wildman–Crippen MR) is 85.6 cm³/mol. The molecule has 0 saturated heterocycles. The van der Waals surface area contributed by atoms with Gasteiger partial charge in [-0.25, -0.2) is 0 Å². The summed E-state index contributed by atoms with van der Waals surface area (Å²) < 4.78 is 5.76. The summed E-state index contributed by atoms with van der Waals surface area (Å²) in [6.07, 6.45) is 0. The normalized spacial score (nSPS) is 13.3. The number of nitrogens with one attached hydrogen (secondary N) is 1. The topological polar surface area (TPSA) is 64.4 Å².